The normalized spacial score (nSPS) is 12.4. The smallest absolute Gasteiger partial charge is 0.251 e. The first kappa shape index (κ1) is 21.2. The van der Waals surface area contributed by atoms with E-state index < -0.39 is 0 Å². The summed E-state index contributed by atoms with van der Waals surface area (Å²) in [5.74, 6) is 0.655. The van der Waals surface area contributed by atoms with Crippen molar-refractivity contribution in [3.05, 3.63) is 77.9 Å². The minimum Gasteiger partial charge on any atom is -0.508 e. The molecule has 1 atom stereocenters. The minimum atomic E-state index is -0.188. The Morgan fingerprint density at radius 2 is 1.73 bits per heavy atom. The molecule has 0 aromatic heterocycles. The number of rotatable bonds is 7. The first-order chi connectivity index (χ1) is 14.6. The number of phenolic OH excluding ortho intramolecular Hbond substituents is 1. The maximum atomic E-state index is 12.1. The molecule has 156 valence electrons. The zero-order valence-corrected chi connectivity index (χ0v) is 17.4. The minimum absolute atomic E-state index is 0.0699. The SMILES string of the molecule is CCNC(=NCCNC(=O)c1ccc(O)cc1)NC(C)c1cccc2ccccc12. The van der Waals surface area contributed by atoms with E-state index >= 15 is 0 Å². The van der Waals surface area contributed by atoms with Gasteiger partial charge in [0.1, 0.15) is 5.75 Å². The number of benzene rings is 3. The van der Waals surface area contributed by atoms with Crippen LogP contribution in [0.3, 0.4) is 0 Å². The predicted octanol–water partition coefficient (Wildman–Crippen LogP) is 3.59. The Balaban J connectivity index is 1.60. The number of aliphatic imine (C=N–C) groups is 1. The third kappa shape index (κ3) is 5.50. The number of nitrogens with zero attached hydrogens (tertiary/aromatic N) is 1. The van der Waals surface area contributed by atoms with Gasteiger partial charge in [-0.05, 0) is 54.4 Å². The fraction of sp³-hybridized carbons (Fsp3) is 0.250. The summed E-state index contributed by atoms with van der Waals surface area (Å²) >= 11 is 0. The third-order valence-electron chi connectivity index (χ3n) is 4.78. The lowest BCUT2D eigenvalue weighted by molar-refractivity contribution is 0.0955. The third-order valence-corrected chi connectivity index (χ3v) is 4.78. The van der Waals surface area contributed by atoms with Crippen molar-refractivity contribution in [1.82, 2.24) is 16.0 Å². The Morgan fingerprint density at radius 1 is 1.00 bits per heavy atom. The summed E-state index contributed by atoms with van der Waals surface area (Å²) in [6.45, 7) is 5.74. The van der Waals surface area contributed by atoms with Gasteiger partial charge in [-0.3, -0.25) is 9.79 Å². The lowest BCUT2D eigenvalue weighted by atomic mass is 10.00. The zero-order chi connectivity index (χ0) is 21.3. The molecule has 0 spiro atoms. The fourth-order valence-electron chi connectivity index (χ4n) is 3.28. The molecule has 0 aliphatic rings. The van der Waals surface area contributed by atoms with Crippen LogP contribution in [0.15, 0.2) is 71.7 Å². The number of carbonyl (C=O) groups excluding carboxylic acids is 1. The van der Waals surface area contributed by atoms with Crippen LogP contribution in [0.2, 0.25) is 0 Å². The Labute approximate surface area is 177 Å². The highest BCUT2D eigenvalue weighted by atomic mass is 16.3. The predicted molar refractivity (Wildman–Crippen MR) is 122 cm³/mol. The second-order valence-corrected chi connectivity index (χ2v) is 7.00. The van der Waals surface area contributed by atoms with Crippen LogP contribution in [0.25, 0.3) is 10.8 Å². The average molecular weight is 405 g/mol. The van der Waals surface area contributed by atoms with Crippen molar-refractivity contribution in [3.63, 3.8) is 0 Å². The van der Waals surface area contributed by atoms with Crippen molar-refractivity contribution in [3.8, 4) is 5.75 Å². The fourth-order valence-corrected chi connectivity index (χ4v) is 3.28. The van der Waals surface area contributed by atoms with Crippen LogP contribution >= 0.6 is 0 Å². The Bertz CT molecular complexity index is 1010. The summed E-state index contributed by atoms with van der Waals surface area (Å²) < 4.78 is 0. The lowest BCUT2D eigenvalue weighted by Gasteiger charge is -2.20. The maximum Gasteiger partial charge on any atom is 0.251 e. The van der Waals surface area contributed by atoms with Gasteiger partial charge in [-0.1, -0.05) is 42.5 Å². The van der Waals surface area contributed by atoms with Gasteiger partial charge in [0.25, 0.3) is 5.91 Å². The van der Waals surface area contributed by atoms with Crippen LogP contribution in [0, 0.1) is 0 Å². The molecule has 0 fully saturated rings. The highest BCUT2D eigenvalue weighted by Gasteiger charge is 2.11. The zero-order valence-electron chi connectivity index (χ0n) is 17.4. The van der Waals surface area contributed by atoms with Crippen LogP contribution in [-0.2, 0) is 0 Å². The van der Waals surface area contributed by atoms with E-state index in [1.807, 2.05) is 13.0 Å². The van der Waals surface area contributed by atoms with Crippen molar-refractivity contribution >= 4 is 22.6 Å². The van der Waals surface area contributed by atoms with Gasteiger partial charge in [0.2, 0.25) is 0 Å². The van der Waals surface area contributed by atoms with E-state index in [1.54, 1.807) is 12.1 Å². The molecule has 1 unspecified atom stereocenters. The van der Waals surface area contributed by atoms with E-state index in [2.05, 4.69) is 64.3 Å². The summed E-state index contributed by atoms with van der Waals surface area (Å²) in [5.41, 5.74) is 1.71. The molecule has 6 heteroatoms. The van der Waals surface area contributed by atoms with Gasteiger partial charge in [-0.25, -0.2) is 0 Å². The first-order valence-electron chi connectivity index (χ1n) is 10.2. The number of phenols is 1. The Kier molecular flexibility index (Phi) is 7.27. The quantitative estimate of drug-likeness (QED) is 0.275. The molecule has 6 nitrogen and oxygen atoms in total. The molecule has 3 rings (SSSR count). The highest BCUT2D eigenvalue weighted by Crippen LogP contribution is 2.23. The van der Waals surface area contributed by atoms with Crippen molar-refractivity contribution in [1.29, 1.82) is 0 Å². The maximum absolute atomic E-state index is 12.1. The molecule has 0 aliphatic carbocycles. The van der Waals surface area contributed by atoms with Crippen LogP contribution in [0.4, 0.5) is 0 Å². The molecule has 30 heavy (non-hydrogen) atoms. The van der Waals surface area contributed by atoms with Crippen LogP contribution < -0.4 is 16.0 Å². The molecular weight excluding hydrogens is 376 g/mol. The number of hydrogen-bond acceptors (Lipinski definition) is 3. The van der Waals surface area contributed by atoms with Crippen molar-refractivity contribution in [2.45, 2.75) is 19.9 Å². The molecule has 1 amide bonds. The van der Waals surface area contributed by atoms with Gasteiger partial charge in [-0.15, -0.1) is 0 Å². The number of carbonyl (C=O) groups is 1. The lowest BCUT2D eigenvalue weighted by Crippen LogP contribution is -2.39. The molecule has 0 saturated carbocycles. The Hall–Kier alpha value is -3.54. The van der Waals surface area contributed by atoms with Crippen molar-refractivity contribution in [2.24, 2.45) is 4.99 Å². The van der Waals surface area contributed by atoms with E-state index in [4.69, 9.17) is 0 Å². The monoisotopic (exact) mass is 404 g/mol. The number of hydrogen-bond donors (Lipinski definition) is 4. The highest BCUT2D eigenvalue weighted by molar-refractivity contribution is 5.94. The second kappa shape index (κ2) is 10.3. The number of aromatic hydroxyl groups is 1. The number of guanidine groups is 1. The van der Waals surface area contributed by atoms with Crippen molar-refractivity contribution < 1.29 is 9.90 Å². The molecular formula is C24H28N4O2. The molecule has 4 N–H and O–H groups in total. The van der Waals surface area contributed by atoms with E-state index in [0.29, 0.717) is 24.6 Å². The Morgan fingerprint density at radius 3 is 2.50 bits per heavy atom. The van der Waals surface area contributed by atoms with Gasteiger partial charge >= 0.3 is 0 Å². The average Bonchev–Trinajstić information content (AvgIpc) is 2.76. The molecule has 3 aromatic carbocycles. The molecule has 0 radical (unpaired) electrons. The van der Waals surface area contributed by atoms with Gasteiger partial charge < -0.3 is 21.1 Å². The summed E-state index contributed by atoms with van der Waals surface area (Å²) in [6, 6.07) is 20.9. The van der Waals surface area contributed by atoms with Gasteiger partial charge in [0.15, 0.2) is 5.96 Å². The van der Waals surface area contributed by atoms with Gasteiger partial charge in [-0.2, -0.15) is 0 Å². The van der Waals surface area contributed by atoms with E-state index in [0.717, 1.165) is 6.54 Å². The summed E-state index contributed by atoms with van der Waals surface area (Å²) in [4.78, 5) is 16.7. The largest absolute Gasteiger partial charge is 0.508 e. The second-order valence-electron chi connectivity index (χ2n) is 7.00. The first-order valence-corrected chi connectivity index (χ1v) is 10.2. The summed E-state index contributed by atoms with van der Waals surface area (Å²) in [6.07, 6.45) is 0. The molecule has 0 heterocycles. The molecule has 0 aliphatic heterocycles. The molecule has 0 bridgehead atoms. The van der Waals surface area contributed by atoms with Gasteiger partial charge in [0.05, 0.1) is 12.6 Å². The van der Waals surface area contributed by atoms with E-state index in [-0.39, 0.29) is 17.7 Å². The van der Waals surface area contributed by atoms with Crippen LogP contribution in [0.1, 0.15) is 35.8 Å². The number of fused-ring (bicyclic) bond motifs is 1. The standard InChI is InChI=1S/C24H28N4O2/c1-3-25-24(27-16-15-26-23(30)19-11-13-20(29)14-12-19)28-17(2)21-10-6-8-18-7-4-5-9-22(18)21/h4-14,17,29H,3,15-16H2,1-2H3,(H,26,30)(H2,25,27,28). The molecule has 0 saturated heterocycles. The topological polar surface area (TPSA) is 85.8 Å². The number of nitrogens with one attached hydrogen (secondary N) is 3. The van der Waals surface area contributed by atoms with E-state index in [1.165, 1.54) is 28.5 Å². The molecule has 3 aromatic rings. The van der Waals surface area contributed by atoms with E-state index in [9.17, 15) is 9.90 Å². The van der Waals surface area contributed by atoms with Crippen LogP contribution in [0.5, 0.6) is 5.75 Å². The number of amides is 1. The van der Waals surface area contributed by atoms with Crippen molar-refractivity contribution in [2.75, 3.05) is 19.6 Å². The summed E-state index contributed by atoms with van der Waals surface area (Å²) in [5, 5.41) is 21.3. The van der Waals surface area contributed by atoms with Crippen LogP contribution in [-0.4, -0.2) is 36.6 Å². The summed E-state index contributed by atoms with van der Waals surface area (Å²) in [7, 11) is 0. The van der Waals surface area contributed by atoms with Gasteiger partial charge in [0, 0.05) is 18.7 Å².